The average Bonchev–Trinajstić information content (AvgIpc) is 3.18. The molecule has 0 saturated carbocycles. The minimum Gasteiger partial charge on any atom is -0.341 e. The summed E-state index contributed by atoms with van der Waals surface area (Å²) in [6, 6.07) is 9.43. The number of benzene rings is 1. The van der Waals surface area contributed by atoms with Gasteiger partial charge in [-0.1, -0.05) is 29.4 Å². The Kier molecular flexibility index (Phi) is 6.78. The van der Waals surface area contributed by atoms with E-state index >= 15 is 0 Å². The highest BCUT2D eigenvalue weighted by Crippen LogP contribution is 2.23. The maximum atomic E-state index is 11.1. The van der Waals surface area contributed by atoms with E-state index in [0.717, 1.165) is 36.2 Å². The third kappa shape index (κ3) is 5.61. The third-order valence-electron chi connectivity index (χ3n) is 4.52. The zero-order valence-corrected chi connectivity index (χ0v) is 18.4. The topological polar surface area (TPSA) is 114 Å². The van der Waals surface area contributed by atoms with E-state index in [1.54, 1.807) is 0 Å². The second-order valence-electron chi connectivity index (χ2n) is 6.90. The highest BCUT2D eigenvalue weighted by molar-refractivity contribution is 7.88. The van der Waals surface area contributed by atoms with Crippen LogP contribution in [0.4, 0.5) is 5.95 Å². The molecule has 1 aromatic carbocycles. The Morgan fingerprint density at radius 2 is 1.77 bits per heavy atom. The van der Waals surface area contributed by atoms with Crippen LogP contribution in [0.5, 0.6) is 0 Å². The standard InChI is InChI=1S/C20H26N6O3S/c1-5-26(6-2)20-22-14(3)13-17(23-20)19-24-18(25-29-19)16-9-7-15(8-10-16)11-12-21-30(4,27)28/h7-10,13,21H,5-6,11-12H2,1-4H3. The van der Waals surface area contributed by atoms with Crippen molar-refractivity contribution in [2.75, 3.05) is 30.8 Å². The van der Waals surface area contributed by atoms with Gasteiger partial charge in [-0.05, 0) is 38.8 Å². The second-order valence-corrected chi connectivity index (χ2v) is 8.74. The molecule has 0 unspecified atom stereocenters. The lowest BCUT2D eigenvalue weighted by Gasteiger charge is -2.18. The molecule has 0 bridgehead atoms. The van der Waals surface area contributed by atoms with E-state index in [4.69, 9.17) is 4.52 Å². The van der Waals surface area contributed by atoms with Gasteiger partial charge >= 0.3 is 0 Å². The molecule has 3 aromatic rings. The molecule has 2 aromatic heterocycles. The molecule has 0 radical (unpaired) electrons. The van der Waals surface area contributed by atoms with Crippen LogP contribution in [0.25, 0.3) is 23.0 Å². The normalized spacial score (nSPS) is 11.6. The lowest BCUT2D eigenvalue weighted by Crippen LogP contribution is -2.24. The number of sulfonamides is 1. The van der Waals surface area contributed by atoms with Crippen LogP contribution in [0.2, 0.25) is 0 Å². The van der Waals surface area contributed by atoms with Gasteiger partial charge in [0.15, 0.2) is 0 Å². The van der Waals surface area contributed by atoms with Gasteiger partial charge in [0.25, 0.3) is 5.89 Å². The fourth-order valence-corrected chi connectivity index (χ4v) is 3.43. The largest absolute Gasteiger partial charge is 0.341 e. The van der Waals surface area contributed by atoms with Crippen molar-refractivity contribution in [2.24, 2.45) is 0 Å². The maximum absolute atomic E-state index is 11.1. The van der Waals surface area contributed by atoms with E-state index in [1.165, 1.54) is 0 Å². The van der Waals surface area contributed by atoms with E-state index in [0.29, 0.717) is 36.3 Å². The van der Waals surface area contributed by atoms with Crippen LogP contribution in [-0.2, 0) is 16.4 Å². The van der Waals surface area contributed by atoms with Crippen LogP contribution in [0, 0.1) is 6.92 Å². The summed E-state index contributed by atoms with van der Waals surface area (Å²) >= 11 is 0. The Balaban J connectivity index is 1.76. The predicted molar refractivity (Wildman–Crippen MR) is 116 cm³/mol. The Morgan fingerprint density at radius 3 is 2.40 bits per heavy atom. The molecule has 0 aliphatic carbocycles. The molecule has 160 valence electrons. The first kappa shape index (κ1) is 21.8. The van der Waals surface area contributed by atoms with Gasteiger partial charge in [-0.25, -0.2) is 23.1 Å². The minimum atomic E-state index is -3.18. The number of hydrogen-bond acceptors (Lipinski definition) is 8. The molecule has 0 fully saturated rings. The number of hydrogen-bond donors (Lipinski definition) is 1. The summed E-state index contributed by atoms with van der Waals surface area (Å²) in [7, 11) is -3.18. The molecule has 0 aliphatic heterocycles. The van der Waals surface area contributed by atoms with E-state index in [-0.39, 0.29) is 0 Å². The van der Waals surface area contributed by atoms with E-state index in [9.17, 15) is 8.42 Å². The molecule has 0 saturated heterocycles. The van der Waals surface area contributed by atoms with Gasteiger partial charge in [0, 0.05) is 30.9 Å². The van der Waals surface area contributed by atoms with Gasteiger partial charge < -0.3 is 9.42 Å². The molecule has 3 rings (SSSR count). The van der Waals surface area contributed by atoms with Crippen LogP contribution >= 0.6 is 0 Å². The fourth-order valence-electron chi connectivity index (χ4n) is 2.96. The van der Waals surface area contributed by atoms with Crippen molar-refractivity contribution in [1.29, 1.82) is 0 Å². The number of rotatable bonds is 9. The highest BCUT2D eigenvalue weighted by atomic mass is 32.2. The van der Waals surface area contributed by atoms with Crippen LogP contribution in [0.1, 0.15) is 25.1 Å². The Labute approximate surface area is 176 Å². The molecular weight excluding hydrogens is 404 g/mol. The summed E-state index contributed by atoms with van der Waals surface area (Å²) in [6.45, 7) is 7.99. The predicted octanol–water partition coefficient (Wildman–Crippen LogP) is 2.44. The van der Waals surface area contributed by atoms with Crippen molar-refractivity contribution in [3.8, 4) is 23.0 Å². The summed E-state index contributed by atoms with van der Waals surface area (Å²) in [5, 5.41) is 4.08. The van der Waals surface area contributed by atoms with E-state index in [1.807, 2.05) is 37.3 Å². The van der Waals surface area contributed by atoms with Crippen molar-refractivity contribution in [1.82, 2.24) is 24.8 Å². The Morgan fingerprint density at radius 1 is 1.07 bits per heavy atom. The smallest absolute Gasteiger partial charge is 0.277 e. The van der Waals surface area contributed by atoms with Gasteiger partial charge in [0.2, 0.25) is 21.8 Å². The number of aryl methyl sites for hydroxylation is 1. The molecule has 1 N–H and O–H groups in total. The first-order valence-electron chi connectivity index (χ1n) is 9.77. The zero-order valence-electron chi connectivity index (χ0n) is 17.6. The number of anilines is 1. The SMILES string of the molecule is CCN(CC)c1nc(C)cc(-c2nc(-c3ccc(CCNS(C)(=O)=O)cc3)no2)n1. The number of nitrogens with one attached hydrogen (secondary N) is 1. The first-order valence-corrected chi connectivity index (χ1v) is 11.7. The lowest BCUT2D eigenvalue weighted by molar-refractivity contribution is 0.431. The average molecular weight is 431 g/mol. The number of aromatic nitrogens is 4. The third-order valence-corrected chi connectivity index (χ3v) is 5.25. The summed E-state index contributed by atoms with van der Waals surface area (Å²) in [5.74, 6) is 1.44. The Hall–Kier alpha value is -2.85. The number of nitrogens with zero attached hydrogens (tertiary/aromatic N) is 5. The quantitative estimate of drug-likeness (QED) is 0.551. The summed E-state index contributed by atoms with van der Waals surface area (Å²) in [5.41, 5.74) is 3.23. The van der Waals surface area contributed by atoms with E-state index in [2.05, 4.69) is 43.6 Å². The Bertz CT molecular complexity index is 1090. The van der Waals surface area contributed by atoms with Gasteiger partial charge in [-0.15, -0.1) is 0 Å². The van der Waals surface area contributed by atoms with Crippen LogP contribution in [0.15, 0.2) is 34.9 Å². The molecule has 9 nitrogen and oxygen atoms in total. The maximum Gasteiger partial charge on any atom is 0.277 e. The summed E-state index contributed by atoms with van der Waals surface area (Å²) in [6.07, 6.45) is 1.74. The zero-order chi connectivity index (χ0) is 21.7. The van der Waals surface area contributed by atoms with Gasteiger partial charge in [-0.3, -0.25) is 0 Å². The van der Waals surface area contributed by atoms with Crippen LogP contribution < -0.4 is 9.62 Å². The fraction of sp³-hybridized carbons (Fsp3) is 0.400. The molecule has 0 spiro atoms. The molecular formula is C20H26N6O3S. The summed E-state index contributed by atoms with van der Waals surface area (Å²) < 4.78 is 30.2. The van der Waals surface area contributed by atoms with Gasteiger partial charge in [-0.2, -0.15) is 4.98 Å². The van der Waals surface area contributed by atoms with Crippen LogP contribution in [-0.4, -0.2) is 54.4 Å². The molecule has 30 heavy (non-hydrogen) atoms. The first-order chi connectivity index (χ1) is 14.3. The van der Waals surface area contributed by atoms with Gasteiger partial charge in [0.1, 0.15) is 5.69 Å². The van der Waals surface area contributed by atoms with Crippen molar-refractivity contribution in [3.63, 3.8) is 0 Å². The van der Waals surface area contributed by atoms with Crippen LogP contribution in [0.3, 0.4) is 0 Å². The molecule has 2 heterocycles. The summed E-state index contributed by atoms with van der Waals surface area (Å²) in [4.78, 5) is 15.6. The van der Waals surface area contributed by atoms with E-state index < -0.39 is 10.0 Å². The second kappa shape index (κ2) is 9.31. The van der Waals surface area contributed by atoms with Gasteiger partial charge in [0.05, 0.1) is 6.26 Å². The molecule has 10 heteroatoms. The molecule has 0 amide bonds. The highest BCUT2D eigenvalue weighted by Gasteiger charge is 2.15. The molecule has 0 aliphatic rings. The van der Waals surface area contributed by atoms with Crippen molar-refractivity contribution in [2.45, 2.75) is 27.2 Å². The molecule has 0 atom stereocenters. The van der Waals surface area contributed by atoms with Crippen molar-refractivity contribution >= 4 is 16.0 Å². The minimum absolute atomic E-state index is 0.338. The van der Waals surface area contributed by atoms with Crippen molar-refractivity contribution in [3.05, 3.63) is 41.6 Å². The monoisotopic (exact) mass is 430 g/mol. The lowest BCUT2D eigenvalue weighted by atomic mass is 10.1. The van der Waals surface area contributed by atoms with Crippen molar-refractivity contribution < 1.29 is 12.9 Å².